The minimum Gasteiger partial charge on any atom is -0.347 e. The molecule has 0 unspecified atom stereocenters. The van der Waals surface area contributed by atoms with Crippen LogP contribution >= 0.6 is 12.2 Å². The lowest BCUT2D eigenvalue weighted by atomic mass is 10.0. The SMILES string of the molecule is S=c1n(CCc2ccccc2)c2ccccc2n1CN1CCC2(CC1)OCCO2. The number of nitrogens with zero attached hydrogens (tertiary/aromatic N) is 3. The van der Waals surface area contributed by atoms with Crippen LogP contribution in [0, 0.1) is 4.77 Å². The van der Waals surface area contributed by atoms with Gasteiger partial charge >= 0.3 is 0 Å². The molecule has 5 rings (SSSR count). The van der Waals surface area contributed by atoms with Crippen molar-refractivity contribution in [1.29, 1.82) is 0 Å². The largest absolute Gasteiger partial charge is 0.347 e. The van der Waals surface area contributed by atoms with Gasteiger partial charge in [0.25, 0.3) is 0 Å². The van der Waals surface area contributed by atoms with Gasteiger partial charge in [-0.15, -0.1) is 0 Å². The van der Waals surface area contributed by atoms with E-state index in [1.54, 1.807) is 0 Å². The maximum absolute atomic E-state index is 5.93. The fourth-order valence-electron chi connectivity index (χ4n) is 4.53. The maximum atomic E-state index is 5.93. The Morgan fingerprint density at radius 2 is 1.45 bits per heavy atom. The van der Waals surface area contributed by atoms with Gasteiger partial charge in [0.15, 0.2) is 10.6 Å². The summed E-state index contributed by atoms with van der Waals surface area (Å²) >= 11 is 5.93. The lowest BCUT2D eigenvalue weighted by Gasteiger charge is -2.37. The highest BCUT2D eigenvalue weighted by molar-refractivity contribution is 7.71. The second-order valence-corrected chi connectivity index (χ2v) is 8.32. The molecule has 2 fully saturated rings. The molecular weight excluding hydrogens is 382 g/mol. The monoisotopic (exact) mass is 409 g/mol. The predicted octanol–water partition coefficient (Wildman–Crippen LogP) is 4.21. The summed E-state index contributed by atoms with van der Waals surface area (Å²) in [5, 5.41) is 0. The zero-order valence-corrected chi connectivity index (χ0v) is 17.4. The van der Waals surface area contributed by atoms with Crippen molar-refractivity contribution < 1.29 is 9.47 Å². The third-order valence-electron chi connectivity index (χ3n) is 6.16. The van der Waals surface area contributed by atoms with Crippen molar-refractivity contribution in [3.05, 3.63) is 64.9 Å². The van der Waals surface area contributed by atoms with Crippen molar-refractivity contribution in [2.24, 2.45) is 0 Å². The average molecular weight is 410 g/mol. The summed E-state index contributed by atoms with van der Waals surface area (Å²) in [6.07, 6.45) is 2.82. The molecule has 152 valence electrons. The van der Waals surface area contributed by atoms with Gasteiger partial charge in [0.05, 0.1) is 30.9 Å². The second kappa shape index (κ2) is 8.03. The van der Waals surface area contributed by atoms with E-state index in [0.717, 1.165) is 63.6 Å². The molecule has 0 amide bonds. The quantitative estimate of drug-likeness (QED) is 0.591. The number of hydrogen-bond acceptors (Lipinski definition) is 4. The fourth-order valence-corrected chi connectivity index (χ4v) is 4.88. The minimum absolute atomic E-state index is 0.332. The van der Waals surface area contributed by atoms with Crippen LogP contribution in [-0.2, 0) is 29.1 Å². The van der Waals surface area contributed by atoms with Crippen molar-refractivity contribution in [3.8, 4) is 0 Å². The predicted molar refractivity (Wildman–Crippen MR) is 116 cm³/mol. The molecular formula is C23H27N3O2S. The molecule has 2 saturated heterocycles. The number of hydrogen-bond donors (Lipinski definition) is 0. The van der Waals surface area contributed by atoms with Gasteiger partial charge in [-0.05, 0) is 36.3 Å². The van der Waals surface area contributed by atoms with Crippen molar-refractivity contribution in [3.63, 3.8) is 0 Å². The molecule has 1 spiro atoms. The van der Waals surface area contributed by atoms with E-state index in [4.69, 9.17) is 21.7 Å². The van der Waals surface area contributed by atoms with Crippen molar-refractivity contribution >= 4 is 23.3 Å². The normalized spacial score (nSPS) is 19.3. The van der Waals surface area contributed by atoms with Crippen LogP contribution in [0.4, 0.5) is 0 Å². The van der Waals surface area contributed by atoms with E-state index < -0.39 is 0 Å². The number of ether oxygens (including phenoxy) is 2. The number of piperidine rings is 1. The number of para-hydroxylation sites is 2. The molecule has 3 aromatic rings. The summed E-state index contributed by atoms with van der Waals surface area (Å²) in [7, 11) is 0. The van der Waals surface area contributed by atoms with E-state index in [1.807, 2.05) is 0 Å². The molecule has 0 atom stereocenters. The Kier molecular flexibility index (Phi) is 5.26. The first kappa shape index (κ1) is 19.0. The second-order valence-electron chi connectivity index (χ2n) is 7.95. The summed E-state index contributed by atoms with van der Waals surface area (Å²) in [6.45, 7) is 5.07. The summed E-state index contributed by atoms with van der Waals surface area (Å²) in [6, 6.07) is 19.2. The van der Waals surface area contributed by atoms with E-state index >= 15 is 0 Å². The first-order valence-corrected chi connectivity index (χ1v) is 10.9. The van der Waals surface area contributed by atoms with Gasteiger partial charge in [-0.3, -0.25) is 4.90 Å². The Bertz CT molecular complexity index is 1030. The molecule has 2 aliphatic heterocycles. The van der Waals surface area contributed by atoms with Crippen molar-refractivity contribution in [2.75, 3.05) is 26.3 Å². The standard InChI is InChI=1S/C23H27N3O2S/c29-22-25(13-10-19-6-2-1-3-7-19)20-8-4-5-9-21(20)26(22)18-24-14-11-23(12-15-24)27-16-17-28-23/h1-9H,10-18H2. The van der Waals surface area contributed by atoms with Crippen LogP contribution in [0.1, 0.15) is 18.4 Å². The zero-order chi connectivity index (χ0) is 19.7. The number of rotatable bonds is 5. The molecule has 2 aromatic carbocycles. The Balaban J connectivity index is 1.37. The van der Waals surface area contributed by atoms with Gasteiger partial charge in [-0.1, -0.05) is 42.5 Å². The molecule has 0 saturated carbocycles. The molecule has 2 aliphatic rings. The van der Waals surface area contributed by atoms with Crippen LogP contribution in [0.5, 0.6) is 0 Å². The van der Waals surface area contributed by atoms with Crippen molar-refractivity contribution in [1.82, 2.24) is 14.0 Å². The first-order valence-electron chi connectivity index (χ1n) is 10.5. The molecule has 6 heteroatoms. The van der Waals surface area contributed by atoms with Gasteiger partial charge < -0.3 is 18.6 Å². The topological polar surface area (TPSA) is 31.6 Å². The Morgan fingerprint density at radius 3 is 2.14 bits per heavy atom. The van der Waals surface area contributed by atoms with E-state index in [-0.39, 0.29) is 5.79 Å². The van der Waals surface area contributed by atoms with Gasteiger partial charge in [0.1, 0.15) is 0 Å². The third kappa shape index (κ3) is 3.78. The summed E-state index contributed by atoms with van der Waals surface area (Å²) in [5.74, 6) is -0.332. The summed E-state index contributed by atoms with van der Waals surface area (Å²) < 4.78 is 17.2. The lowest BCUT2D eigenvalue weighted by Crippen LogP contribution is -2.45. The van der Waals surface area contributed by atoms with Crippen LogP contribution in [-0.4, -0.2) is 46.1 Å². The molecule has 0 bridgehead atoms. The molecule has 3 heterocycles. The molecule has 1 aromatic heterocycles. The van der Waals surface area contributed by atoms with Gasteiger partial charge in [-0.25, -0.2) is 0 Å². The number of aryl methyl sites for hydroxylation is 2. The summed E-state index contributed by atoms with van der Waals surface area (Å²) in [4.78, 5) is 2.46. The van der Waals surface area contributed by atoms with Crippen LogP contribution in [0.25, 0.3) is 11.0 Å². The maximum Gasteiger partial charge on any atom is 0.181 e. The molecule has 0 aliphatic carbocycles. The Morgan fingerprint density at radius 1 is 0.828 bits per heavy atom. The number of likely N-dealkylation sites (tertiary alicyclic amines) is 1. The average Bonchev–Trinajstić information content (AvgIpc) is 3.32. The van der Waals surface area contributed by atoms with E-state index in [0.29, 0.717) is 0 Å². The van der Waals surface area contributed by atoms with Gasteiger partial charge in [0, 0.05) is 32.5 Å². The van der Waals surface area contributed by atoms with Crippen LogP contribution in [0.15, 0.2) is 54.6 Å². The van der Waals surface area contributed by atoms with Crippen LogP contribution in [0.2, 0.25) is 0 Å². The minimum atomic E-state index is -0.332. The van der Waals surface area contributed by atoms with E-state index in [1.165, 1.54) is 16.6 Å². The Labute approximate surface area is 176 Å². The highest BCUT2D eigenvalue weighted by Gasteiger charge is 2.39. The van der Waals surface area contributed by atoms with Gasteiger partial charge in [-0.2, -0.15) is 0 Å². The lowest BCUT2D eigenvalue weighted by molar-refractivity contribution is -0.187. The number of fused-ring (bicyclic) bond motifs is 1. The van der Waals surface area contributed by atoms with E-state index in [9.17, 15) is 0 Å². The molecule has 29 heavy (non-hydrogen) atoms. The fraction of sp³-hybridized carbons (Fsp3) is 0.435. The molecule has 0 radical (unpaired) electrons. The number of benzene rings is 2. The summed E-state index contributed by atoms with van der Waals surface area (Å²) in [5.41, 5.74) is 3.76. The molecule has 5 nitrogen and oxygen atoms in total. The van der Waals surface area contributed by atoms with E-state index in [2.05, 4.69) is 68.6 Å². The highest BCUT2D eigenvalue weighted by atomic mass is 32.1. The van der Waals surface area contributed by atoms with Crippen LogP contribution in [0.3, 0.4) is 0 Å². The first-order chi connectivity index (χ1) is 14.2. The number of aromatic nitrogens is 2. The smallest absolute Gasteiger partial charge is 0.181 e. The zero-order valence-electron chi connectivity index (χ0n) is 16.6. The Hall–Kier alpha value is -1.99. The third-order valence-corrected chi connectivity index (χ3v) is 6.61. The molecule has 0 N–H and O–H groups in total. The number of imidazole rings is 1. The van der Waals surface area contributed by atoms with Crippen LogP contribution < -0.4 is 0 Å². The van der Waals surface area contributed by atoms with Crippen molar-refractivity contribution in [2.45, 2.75) is 38.3 Å². The van der Waals surface area contributed by atoms with Gasteiger partial charge in [0.2, 0.25) is 0 Å². The highest BCUT2D eigenvalue weighted by Crippen LogP contribution is 2.31.